The molecule has 6 heteroatoms. The molecule has 0 aliphatic rings. The predicted octanol–water partition coefficient (Wildman–Crippen LogP) is 3.28. The highest BCUT2D eigenvalue weighted by atomic mass is 32.1. The zero-order chi connectivity index (χ0) is 14.7. The van der Waals surface area contributed by atoms with Crippen molar-refractivity contribution in [1.82, 2.24) is 10.5 Å². The first-order valence-electron chi connectivity index (χ1n) is 6.56. The Morgan fingerprint density at radius 1 is 1.38 bits per heavy atom. The van der Waals surface area contributed by atoms with Gasteiger partial charge < -0.3 is 14.3 Å². The zero-order valence-electron chi connectivity index (χ0n) is 11.5. The molecule has 0 spiro atoms. The van der Waals surface area contributed by atoms with Crippen LogP contribution in [0.2, 0.25) is 0 Å². The van der Waals surface area contributed by atoms with E-state index in [1.54, 1.807) is 30.4 Å². The van der Waals surface area contributed by atoms with E-state index in [1.165, 1.54) is 11.1 Å². The Balaban J connectivity index is 1.71. The fourth-order valence-corrected chi connectivity index (χ4v) is 2.76. The molecular formula is C15H14N2O3S. The molecule has 0 aliphatic carbocycles. The molecule has 0 bridgehead atoms. The van der Waals surface area contributed by atoms with Crippen molar-refractivity contribution in [2.24, 2.45) is 0 Å². The first-order chi connectivity index (χ1) is 10.3. The lowest BCUT2D eigenvalue weighted by Gasteiger charge is -2.04. The van der Waals surface area contributed by atoms with Gasteiger partial charge in [-0.2, -0.15) is 0 Å². The molecule has 108 valence electrons. The number of rotatable bonds is 5. The summed E-state index contributed by atoms with van der Waals surface area (Å²) in [5, 5.41) is 8.77. The summed E-state index contributed by atoms with van der Waals surface area (Å²) < 4.78 is 10.5. The second-order valence-corrected chi connectivity index (χ2v) is 5.57. The predicted molar refractivity (Wildman–Crippen MR) is 79.3 cm³/mol. The van der Waals surface area contributed by atoms with Gasteiger partial charge in [0.2, 0.25) is 5.76 Å². The third kappa shape index (κ3) is 2.90. The van der Waals surface area contributed by atoms with Crippen LogP contribution < -0.4 is 5.32 Å². The van der Waals surface area contributed by atoms with E-state index in [9.17, 15) is 4.79 Å². The first-order valence-corrected chi connectivity index (χ1v) is 7.44. The maximum Gasteiger partial charge on any atom is 0.257 e. The number of carbonyl (C=O) groups excluding carboxylic acids is 1. The quantitative estimate of drug-likeness (QED) is 0.785. The number of carbonyl (C=O) groups is 1. The van der Waals surface area contributed by atoms with Crippen LogP contribution in [0.3, 0.4) is 0 Å². The SMILES string of the molecule is Cc1noc(-c2ccco2)c1C(=O)NCCc1cccs1. The monoisotopic (exact) mass is 302 g/mol. The molecule has 0 fully saturated rings. The molecule has 0 saturated heterocycles. The first kappa shape index (κ1) is 13.6. The van der Waals surface area contributed by atoms with Gasteiger partial charge in [-0.3, -0.25) is 4.79 Å². The van der Waals surface area contributed by atoms with Gasteiger partial charge in [0.15, 0.2) is 5.76 Å². The number of aromatic nitrogens is 1. The molecule has 0 aromatic carbocycles. The van der Waals surface area contributed by atoms with Crippen molar-refractivity contribution in [3.05, 3.63) is 52.0 Å². The van der Waals surface area contributed by atoms with Crippen LogP contribution in [0.15, 0.2) is 44.8 Å². The fourth-order valence-electron chi connectivity index (χ4n) is 2.06. The van der Waals surface area contributed by atoms with Gasteiger partial charge in [0.1, 0.15) is 5.56 Å². The Morgan fingerprint density at radius 3 is 3.00 bits per heavy atom. The molecule has 21 heavy (non-hydrogen) atoms. The van der Waals surface area contributed by atoms with Gasteiger partial charge in [-0.15, -0.1) is 11.3 Å². The molecule has 0 atom stereocenters. The van der Waals surface area contributed by atoms with Crippen LogP contribution in [-0.2, 0) is 6.42 Å². The van der Waals surface area contributed by atoms with E-state index in [2.05, 4.69) is 16.5 Å². The van der Waals surface area contributed by atoms with Gasteiger partial charge in [-0.05, 0) is 36.9 Å². The van der Waals surface area contributed by atoms with Crippen LogP contribution in [-0.4, -0.2) is 17.6 Å². The third-order valence-electron chi connectivity index (χ3n) is 3.07. The summed E-state index contributed by atoms with van der Waals surface area (Å²) in [6, 6.07) is 7.53. The Kier molecular flexibility index (Phi) is 3.87. The maximum absolute atomic E-state index is 12.3. The molecule has 0 aliphatic heterocycles. The smallest absolute Gasteiger partial charge is 0.257 e. The van der Waals surface area contributed by atoms with E-state index in [-0.39, 0.29) is 5.91 Å². The van der Waals surface area contributed by atoms with Crippen LogP contribution in [0.25, 0.3) is 11.5 Å². The van der Waals surface area contributed by atoms with Gasteiger partial charge in [0, 0.05) is 11.4 Å². The lowest BCUT2D eigenvalue weighted by atomic mass is 10.1. The molecule has 3 rings (SSSR count). The summed E-state index contributed by atoms with van der Waals surface area (Å²) >= 11 is 1.68. The number of hydrogen-bond acceptors (Lipinski definition) is 5. The van der Waals surface area contributed by atoms with E-state index in [4.69, 9.17) is 8.94 Å². The molecule has 3 aromatic heterocycles. The van der Waals surface area contributed by atoms with E-state index in [0.29, 0.717) is 29.3 Å². The van der Waals surface area contributed by atoms with Crippen molar-refractivity contribution in [1.29, 1.82) is 0 Å². The van der Waals surface area contributed by atoms with E-state index < -0.39 is 0 Å². The summed E-state index contributed by atoms with van der Waals surface area (Å²) in [7, 11) is 0. The Hall–Kier alpha value is -2.34. The van der Waals surface area contributed by atoms with Gasteiger partial charge in [0.05, 0.1) is 12.0 Å². The van der Waals surface area contributed by atoms with Crippen LogP contribution in [0, 0.1) is 6.92 Å². The van der Waals surface area contributed by atoms with Crippen LogP contribution in [0.1, 0.15) is 20.9 Å². The largest absolute Gasteiger partial charge is 0.461 e. The van der Waals surface area contributed by atoms with Crippen molar-refractivity contribution in [2.45, 2.75) is 13.3 Å². The van der Waals surface area contributed by atoms with Crippen LogP contribution >= 0.6 is 11.3 Å². The van der Waals surface area contributed by atoms with E-state index >= 15 is 0 Å². The lowest BCUT2D eigenvalue weighted by Crippen LogP contribution is -2.26. The molecule has 5 nitrogen and oxygen atoms in total. The van der Waals surface area contributed by atoms with Crippen molar-refractivity contribution in [3.63, 3.8) is 0 Å². The van der Waals surface area contributed by atoms with E-state index in [0.717, 1.165) is 6.42 Å². The van der Waals surface area contributed by atoms with Gasteiger partial charge in [-0.25, -0.2) is 0 Å². The molecule has 3 aromatic rings. The average molecular weight is 302 g/mol. The normalized spacial score (nSPS) is 10.7. The highest BCUT2D eigenvalue weighted by Gasteiger charge is 2.23. The highest BCUT2D eigenvalue weighted by Crippen LogP contribution is 2.26. The van der Waals surface area contributed by atoms with Crippen molar-refractivity contribution in [3.8, 4) is 11.5 Å². The Labute approximate surface area is 125 Å². The molecule has 1 amide bonds. The minimum Gasteiger partial charge on any atom is -0.461 e. The van der Waals surface area contributed by atoms with Crippen molar-refractivity contribution >= 4 is 17.2 Å². The minimum absolute atomic E-state index is 0.197. The van der Waals surface area contributed by atoms with Crippen LogP contribution in [0.4, 0.5) is 0 Å². The van der Waals surface area contributed by atoms with Gasteiger partial charge in [-0.1, -0.05) is 11.2 Å². The average Bonchev–Trinajstić information content (AvgIpc) is 3.19. The lowest BCUT2D eigenvalue weighted by molar-refractivity contribution is 0.0953. The van der Waals surface area contributed by atoms with E-state index in [1.807, 2.05) is 11.4 Å². The Morgan fingerprint density at radius 2 is 2.29 bits per heavy atom. The topological polar surface area (TPSA) is 68.3 Å². The number of hydrogen-bond donors (Lipinski definition) is 1. The summed E-state index contributed by atoms with van der Waals surface area (Å²) in [6.07, 6.45) is 2.34. The maximum atomic E-state index is 12.3. The molecule has 1 N–H and O–H groups in total. The standard InChI is InChI=1S/C15H14N2O3S/c1-10-13(14(20-17-10)12-5-2-8-19-12)15(18)16-7-6-11-4-3-9-21-11/h2-5,8-9H,6-7H2,1H3,(H,16,18). The minimum atomic E-state index is -0.197. The van der Waals surface area contributed by atoms with Crippen molar-refractivity contribution in [2.75, 3.05) is 6.54 Å². The molecule has 0 saturated carbocycles. The third-order valence-corrected chi connectivity index (χ3v) is 4.01. The molecule has 0 radical (unpaired) electrons. The Bertz CT molecular complexity index is 714. The van der Waals surface area contributed by atoms with Crippen LogP contribution in [0.5, 0.6) is 0 Å². The number of nitrogens with zero attached hydrogens (tertiary/aromatic N) is 1. The number of amides is 1. The summed E-state index contributed by atoms with van der Waals surface area (Å²) in [5.74, 6) is 0.668. The van der Waals surface area contributed by atoms with Gasteiger partial charge in [0.25, 0.3) is 5.91 Å². The van der Waals surface area contributed by atoms with Crippen molar-refractivity contribution < 1.29 is 13.7 Å². The molecular weight excluding hydrogens is 288 g/mol. The number of thiophene rings is 1. The molecule has 3 heterocycles. The summed E-state index contributed by atoms with van der Waals surface area (Å²) in [5.41, 5.74) is 0.978. The second-order valence-electron chi connectivity index (χ2n) is 4.53. The summed E-state index contributed by atoms with van der Waals surface area (Å²) in [6.45, 7) is 2.31. The number of nitrogens with one attached hydrogen (secondary N) is 1. The highest BCUT2D eigenvalue weighted by molar-refractivity contribution is 7.09. The molecule has 0 unspecified atom stereocenters. The summed E-state index contributed by atoms with van der Waals surface area (Å²) in [4.78, 5) is 13.6. The number of aryl methyl sites for hydroxylation is 1. The fraction of sp³-hybridized carbons (Fsp3) is 0.200. The second kappa shape index (κ2) is 5.97. The van der Waals surface area contributed by atoms with Gasteiger partial charge >= 0.3 is 0 Å². The zero-order valence-corrected chi connectivity index (χ0v) is 12.3. The number of furan rings is 1.